The second kappa shape index (κ2) is 9.15. The van der Waals surface area contributed by atoms with Crippen LogP contribution in [0.2, 0.25) is 0 Å². The minimum Gasteiger partial charge on any atom is -0.322 e. The van der Waals surface area contributed by atoms with Crippen LogP contribution >= 0.6 is 0 Å². The summed E-state index contributed by atoms with van der Waals surface area (Å²) in [6.07, 6.45) is 2.28. The maximum atomic E-state index is 12.8. The van der Waals surface area contributed by atoms with E-state index in [0.717, 1.165) is 28.9 Å². The van der Waals surface area contributed by atoms with Crippen LogP contribution in [-0.2, 0) is 6.42 Å². The van der Waals surface area contributed by atoms with Crippen molar-refractivity contribution in [3.05, 3.63) is 89.2 Å². The summed E-state index contributed by atoms with van der Waals surface area (Å²) in [4.78, 5) is 29.5. The zero-order valence-corrected chi connectivity index (χ0v) is 16.9. The number of nitrogens with zero attached hydrogens (tertiary/aromatic N) is 1. The van der Waals surface area contributed by atoms with Gasteiger partial charge in [-0.2, -0.15) is 0 Å². The predicted octanol–water partition coefficient (Wildman–Crippen LogP) is 5.27. The Morgan fingerprint density at radius 3 is 2.28 bits per heavy atom. The van der Waals surface area contributed by atoms with E-state index in [2.05, 4.69) is 29.5 Å². The first-order valence-electron chi connectivity index (χ1n) is 9.75. The Morgan fingerprint density at radius 2 is 1.55 bits per heavy atom. The minimum absolute atomic E-state index is 0.195. The standard InChI is InChI=1S/C24H25N3O2/c1-4-17-9-5-7-11-20(17)26-24(29)22-15-18(13-14-25-22)23(28)27-21-12-8-6-10-19(21)16(2)3/h5-16H,4H2,1-3H3,(H,26,29)(H,27,28). The van der Waals surface area contributed by atoms with Crippen LogP contribution in [0.25, 0.3) is 0 Å². The molecule has 5 heteroatoms. The largest absolute Gasteiger partial charge is 0.322 e. The van der Waals surface area contributed by atoms with E-state index in [1.54, 1.807) is 6.07 Å². The Morgan fingerprint density at radius 1 is 0.897 bits per heavy atom. The fourth-order valence-electron chi connectivity index (χ4n) is 3.14. The van der Waals surface area contributed by atoms with E-state index in [1.165, 1.54) is 12.3 Å². The van der Waals surface area contributed by atoms with Gasteiger partial charge in [-0.1, -0.05) is 57.2 Å². The second-order valence-electron chi connectivity index (χ2n) is 7.09. The highest BCUT2D eigenvalue weighted by Gasteiger charge is 2.15. The molecule has 5 nitrogen and oxygen atoms in total. The number of aryl methyl sites for hydroxylation is 1. The van der Waals surface area contributed by atoms with E-state index in [9.17, 15) is 9.59 Å². The molecule has 0 atom stereocenters. The van der Waals surface area contributed by atoms with Gasteiger partial charge >= 0.3 is 0 Å². The Labute approximate surface area is 171 Å². The Bertz CT molecular complexity index is 1030. The number of pyridine rings is 1. The molecule has 0 unspecified atom stereocenters. The third kappa shape index (κ3) is 4.88. The molecule has 0 fully saturated rings. The van der Waals surface area contributed by atoms with Crippen LogP contribution in [0.4, 0.5) is 11.4 Å². The highest BCUT2D eigenvalue weighted by atomic mass is 16.2. The van der Waals surface area contributed by atoms with Gasteiger partial charge in [0.15, 0.2) is 0 Å². The zero-order valence-electron chi connectivity index (χ0n) is 16.9. The minimum atomic E-state index is -0.344. The summed E-state index contributed by atoms with van der Waals surface area (Å²) >= 11 is 0. The van der Waals surface area contributed by atoms with E-state index in [0.29, 0.717) is 5.56 Å². The highest BCUT2D eigenvalue weighted by Crippen LogP contribution is 2.24. The van der Waals surface area contributed by atoms with Gasteiger partial charge in [0, 0.05) is 23.1 Å². The molecule has 148 valence electrons. The van der Waals surface area contributed by atoms with Crippen molar-refractivity contribution in [2.24, 2.45) is 0 Å². The number of aromatic nitrogens is 1. The highest BCUT2D eigenvalue weighted by molar-refractivity contribution is 6.08. The molecule has 0 saturated heterocycles. The number of rotatable bonds is 6. The molecule has 0 saturated carbocycles. The molecule has 3 rings (SSSR count). The summed E-state index contributed by atoms with van der Waals surface area (Å²) in [5.74, 6) is -0.337. The normalized spacial score (nSPS) is 10.6. The molecule has 2 aromatic carbocycles. The molecule has 0 radical (unpaired) electrons. The molecule has 0 aliphatic rings. The molecule has 2 N–H and O–H groups in total. The lowest BCUT2D eigenvalue weighted by molar-refractivity contribution is 0.102. The Kier molecular flexibility index (Phi) is 6.39. The molecule has 29 heavy (non-hydrogen) atoms. The third-order valence-electron chi connectivity index (χ3n) is 4.73. The van der Waals surface area contributed by atoms with Gasteiger partial charge in [0.2, 0.25) is 0 Å². The van der Waals surface area contributed by atoms with Crippen molar-refractivity contribution < 1.29 is 9.59 Å². The molecule has 1 aromatic heterocycles. The topological polar surface area (TPSA) is 71.1 Å². The van der Waals surface area contributed by atoms with Crippen molar-refractivity contribution >= 4 is 23.2 Å². The number of amides is 2. The predicted molar refractivity (Wildman–Crippen MR) is 116 cm³/mol. The molecule has 0 aliphatic heterocycles. The van der Waals surface area contributed by atoms with Gasteiger partial charge in [-0.15, -0.1) is 0 Å². The average Bonchev–Trinajstić information content (AvgIpc) is 2.74. The van der Waals surface area contributed by atoms with Crippen LogP contribution in [0.1, 0.15) is 58.7 Å². The van der Waals surface area contributed by atoms with Crippen molar-refractivity contribution in [1.29, 1.82) is 0 Å². The Balaban J connectivity index is 1.79. The summed E-state index contributed by atoms with van der Waals surface area (Å²) < 4.78 is 0. The maximum Gasteiger partial charge on any atom is 0.274 e. The van der Waals surface area contributed by atoms with Gasteiger partial charge in [-0.3, -0.25) is 14.6 Å². The van der Waals surface area contributed by atoms with Crippen LogP contribution in [-0.4, -0.2) is 16.8 Å². The van der Waals surface area contributed by atoms with E-state index in [4.69, 9.17) is 0 Å². The number of para-hydroxylation sites is 2. The number of carbonyl (C=O) groups excluding carboxylic acids is 2. The number of benzene rings is 2. The number of nitrogens with one attached hydrogen (secondary N) is 2. The number of hydrogen-bond acceptors (Lipinski definition) is 3. The Hall–Kier alpha value is -3.47. The first kappa shape index (κ1) is 20.3. The zero-order chi connectivity index (χ0) is 20.8. The molecule has 0 aliphatic carbocycles. The lowest BCUT2D eigenvalue weighted by Gasteiger charge is -2.14. The summed E-state index contributed by atoms with van der Waals surface area (Å²) in [5.41, 5.74) is 4.20. The quantitative estimate of drug-likeness (QED) is 0.605. The first-order chi connectivity index (χ1) is 14.0. The lowest BCUT2D eigenvalue weighted by Crippen LogP contribution is -2.18. The summed E-state index contributed by atoms with van der Waals surface area (Å²) in [5, 5.41) is 5.83. The number of carbonyl (C=O) groups is 2. The third-order valence-corrected chi connectivity index (χ3v) is 4.73. The second-order valence-corrected chi connectivity index (χ2v) is 7.09. The van der Waals surface area contributed by atoms with E-state index >= 15 is 0 Å². The summed E-state index contributed by atoms with van der Waals surface area (Å²) in [6, 6.07) is 18.5. The van der Waals surface area contributed by atoms with Crippen molar-refractivity contribution in [3.8, 4) is 0 Å². The molecule has 2 amide bonds. The fraction of sp³-hybridized carbons (Fsp3) is 0.208. The van der Waals surface area contributed by atoms with Crippen molar-refractivity contribution in [3.63, 3.8) is 0 Å². The van der Waals surface area contributed by atoms with Crippen molar-refractivity contribution in [1.82, 2.24) is 4.98 Å². The van der Waals surface area contributed by atoms with Crippen molar-refractivity contribution in [2.75, 3.05) is 10.6 Å². The first-order valence-corrected chi connectivity index (χ1v) is 9.75. The van der Waals surface area contributed by atoms with Gasteiger partial charge in [-0.25, -0.2) is 0 Å². The summed E-state index contributed by atoms with van der Waals surface area (Å²) in [7, 11) is 0. The fourth-order valence-corrected chi connectivity index (χ4v) is 3.14. The SMILES string of the molecule is CCc1ccccc1NC(=O)c1cc(C(=O)Nc2ccccc2C(C)C)ccn1. The van der Waals surface area contributed by atoms with E-state index in [-0.39, 0.29) is 23.4 Å². The number of hydrogen-bond donors (Lipinski definition) is 2. The molecular weight excluding hydrogens is 362 g/mol. The van der Waals surface area contributed by atoms with E-state index < -0.39 is 0 Å². The van der Waals surface area contributed by atoms with Crippen LogP contribution < -0.4 is 10.6 Å². The van der Waals surface area contributed by atoms with Gasteiger partial charge < -0.3 is 10.6 Å². The van der Waals surface area contributed by atoms with Gasteiger partial charge in [0.1, 0.15) is 5.69 Å². The molecule has 3 aromatic rings. The van der Waals surface area contributed by atoms with Crippen molar-refractivity contribution in [2.45, 2.75) is 33.1 Å². The van der Waals surface area contributed by atoms with Crippen LogP contribution in [0, 0.1) is 0 Å². The summed E-state index contributed by atoms with van der Waals surface area (Å²) in [6.45, 7) is 6.19. The van der Waals surface area contributed by atoms with E-state index in [1.807, 2.05) is 55.5 Å². The van der Waals surface area contributed by atoms with Gasteiger partial charge in [-0.05, 0) is 47.7 Å². The van der Waals surface area contributed by atoms with Gasteiger partial charge in [0.25, 0.3) is 11.8 Å². The smallest absolute Gasteiger partial charge is 0.274 e. The molecular formula is C24H25N3O2. The lowest BCUT2D eigenvalue weighted by atomic mass is 10.0. The van der Waals surface area contributed by atoms with Crippen LogP contribution in [0.5, 0.6) is 0 Å². The van der Waals surface area contributed by atoms with Crippen LogP contribution in [0.3, 0.4) is 0 Å². The number of anilines is 2. The molecule has 1 heterocycles. The average molecular weight is 387 g/mol. The molecule has 0 spiro atoms. The van der Waals surface area contributed by atoms with Crippen LogP contribution in [0.15, 0.2) is 66.9 Å². The monoisotopic (exact) mass is 387 g/mol. The van der Waals surface area contributed by atoms with Gasteiger partial charge in [0.05, 0.1) is 0 Å². The molecule has 0 bridgehead atoms. The maximum absolute atomic E-state index is 12.8.